The molecule has 5 nitrogen and oxygen atoms in total. The summed E-state index contributed by atoms with van der Waals surface area (Å²) in [5, 5.41) is 9.51. The second-order valence-electron chi connectivity index (χ2n) is 7.63. The van der Waals surface area contributed by atoms with Crippen LogP contribution in [0.4, 0.5) is 0 Å². The van der Waals surface area contributed by atoms with Crippen LogP contribution in [0.25, 0.3) is 0 Å². The molecule has 0 aliphatic rings. The zero-order chi connectivity index (χ0) is 19.8. The molecule has 5 heteroatoms. The van der Waals surface area contributed by atoms with E-state index in [1.165, 1.54) is 77.0 Å². The summed E-state index contributed by atoms with van der Waals surface area (Å²) in [6.45, 7) is 7.19. The molecule has 0 rings (SSSR count). The van der Waals surface area contributed by atoms with E-state index in [-0.39, 0.29) is 5.91 Å². The Morgan fingerprint density at radius 3 is 1.59 bits per heavy atom. The number of hydrogen-bond donors (Lipinski definition) is 4. The van der Waals surface area contributed by atoms with E-state index < -0.39 is 0 Å². The first kappa shape index (κ1) is 26.4. The quantitative estimate of drug-likeness (QED) is 0.215. The summed E-state index contributed by atoms with van der Waals surface area (Å²) in [5.41, 5.74) is 5.40. The lowest BCUT2D eigenvalue weighted by molar-refractivity contribution is -0.121. The zero-order valence-corrected chi connectivity index (χ0v) is 18.1. The first-order chi connectivity index (χ1) is 13.3. The minimum Gasteiger partial charge on any atom is -0.355 e. The topological polar surface area (TPSA) is 79.2 Å². The summed E-state index contributed by atoms with van der Waals surface area (Å²) < 4.78 is 0. The minimum atomic E-state index is 0.195. The van der Waals surface area contributed by atoms with Crippen molar-refractivity contribution in [2.24, 2.45) is 5.73 Å². The third kappa shape index (κ3) is 23.3. The van der Waals surface area contributed by atoms with E-state index in [1.54, 1.807) is 0 Å². The molecular formula is C22H48N4O. The highest BCUT2D eigenvalue weighted by Crippen LogP contribution is 2.12. The molecule has 0 saturated heterocycles. The van der Waals surface area contributed by atoms with E-state index >= 15 is 0 Å². The summed E-state index contributed by atoms with van der Waals surface area (Å²) in [4.78, 5) is 11.8. The van der Waals surface area contributed by atoms with Gasteiger partial charge in [0.25, 0.3) is 0 Å². The lowest BCUT2D eigenvalue weighted by Crippen LogP contribution is -2.35. The monoisotopic (exact) mass is 384 g/mol. The third-order valence-corrected chi connectivity index (χ3v) is 4.93. The second kappa shape index (κ2) is 23.4. The van der Waals surface area contributed by atoms with Gasteiger partial charge in [-0.2, -0.15) is 0 Å². The number of unbranched alkanes of at least 4 members (excludes halogenated alkanes) is 12. The first-order valence-electron chi connectivity index (χ1n) is 11.7. The van der Waals surface area contributed by atoms with Crippen LogP contribution in [-0.4, -0.2) is 45.2 Å². The molecule has 5 N–H and O–H groups in total. The van der Waals surface area contributed by atoms with Crippen LogP contribution in [0.15, 0.2) is 0 Å². The Kier molecular flexibility index (Phi) is 22.8. The predicted octanol–water partition coefficient (Wildman–Crippen LogP) is 3.72. The van der Waals surface area contributed by atoms with Crippen LogP contribution in [0, 0.1) is 0 Å². The van der Waals surface area contributed by atoms with Gasteiger partial charge in [0.15, 0.2) is 0 Å². The fourth-order valence-electron chi connectivity index (χ4n) is 3.21. The van der Waals surface area contributed by atoms with E-state index in [1.807, 2.05) is 0 Å². The predicted molar refractivity (Wildman–Crippen MR) is 118 cm³/mol. The van der Waals surface area contributed by atoms with Crippen LogP contribution < -0.4 is 21.7 Å². The first-order valence-corrected chi connectivity index (χ1v) is 11.7. The lowest BCUT2D eigenvalue weighted by atomic mass is 10.0. The summed E-state index contributed by atoms with van der Waals surface area (Å²) in [6, 6.07) is 0. The van der Waals surface area contributed by atoms with Crippen molar-refractivity contribution in [2.75, 3.05) is 39.3 Å². The molecule has 0 spiro atoms. The Hall–Kier alpha value is -0.650. The molecule has 0 aliphatic heterocycles. The van der Waals surface area contributed by atoms with Gasteiger partial charge in [0.05, 0.1) is 0 Å². The number of nitrogens with one attached hydrogen (secondary N) is 3. The molecule has 0 fully saturated rings. The van der Waals surface area contributed by atoms with E-state index in [2.05, 4.69) is 22.9 Å². The van der Waals surface area contributed by atoms with Crippen LogP contribution >= 0.6 is 0 Å². The molecular weight excluding hydrogens is 336 g/mol. The van der Waals surface area contributed by atoms with Gasteiger partial charge in [-0.1, -0.05) is 84.0 Å². The molecule has 0 aromatic heterocycles. The number of rotatable bonds is 22. The number of amides is 1. The average Bonchev–Trinajstić information content (AvgIpc) is 2.67. The Balaban J connectivity index is 3.12. The molecule has 0 radical (unpaired) electrons. The van der Waals surface area contributed by atoms with Crippen molar-refractivity contribution in [3.8, 4) is 0 Å². The highest BCUT2D eigenvalue weighted by atomic mass is 16.1. The Morgan fingerprint density at radius 1 is 0.630 bits per heavy atom. The maximum atomic E-state index is 11.8. The third-order valence-electron chi connectivity index (χ3n) is 4.93. The van der Waals surface area contributed by atoms with Gasteiger partial charge < -0.3 is 21.7 Å². The fraction of sp³-hybridized carbons (Fsp3) is 0.955. The molecule has 162 valence electrons. The van der Waals surface area contributed by atoms with Crippen LogP contribution in [0.5, 0.6) is 0 Å². The van der Waals surface area contributed by atoms with Crippen LogP contribution in [0.1, 0.15) is 96.8 Å². The fourth-order valence-corrected chi connectivity index (χ4v) is 3.21. The van der Waals surface area contributed by atoms with E-state index in [9.17, 15) is 4.79 Å². The SMILES string of the molecule is CCCCCCCCCCCCCCCC(=O)NCCNCCNCCN. The molecule has 0 aromatic carbocycles. The van der Waals surface area contributed by atoms with Gasteiger partial charge >= 0.3 is 0 Å². The highest BCUT2D eigenvalue weighted by molar-refractivity contribution is 5.75. The van der Waals surface area contributed by atoms with Crippen LogP contribution in [0.3, 0.4) is 0 Å². The van der Waals surface area contributed by atoms with Gasteiger partial charge in [0.2, 0.25) is 5.91 Å². The Bertz CT molecular complexity index is 300. The maximum absolute atomic E-state index is 11.8. The van der Waals surface area contributed by atoms with Gasteiger partial charge in [-0.25, -0.2) is 0 Å². The van der Waals surface area contributed by atoms with Gasteiger partial charge in [0.1, 0.15) is 0 Å². The van der Waals surface area contributed by atoms with Gasteiger partial charge in [-0.3, -0.25) is 4.79 Å². The molecule has 0 heterocycles. The maximum Gasteiger partial charge on any atom is 0.220 e. The number of nitrogens with two attached hydrogens (primary N) is 1. The normalized spacial score (nSPS) is 11.0. The molecule has 27 heavy (non-hydrogen) atoms. The summed E-state index contributed by atoms with van der Waals surface area (Å²) in [7, 11) is 0. The van der Waals surface area contributed by atoms with Gasteiger partial charge in [0, 0.05) is 45.7 Å². The molecule has 0 aliphatic carbocycles. The van der Waals surface area contributed by atoms with Crippen LogP contribution in [-0.2, 0) is 4.79 Å². The van der Waals surface area contributed by atoms with Crippen LogP contribution in [0.2, 0.25) is 0 Å². The molecule has 0 aromatic rings. The second-order valence-corrected chi connectivity index (χ2v) is 7.63. The standard InChI is InChI=1S/C22H48N4O/c1-2-3-4-5-6-7-8-9-10-11-12-13-14-15-22(27)26-21-20-25-19-18-24-17-16-23/h24-25H,2-21,23H2,1H3,(H,26,27). The number of hydrogen-bond acceptors (Lipinski definition) is 4. The molecule has 0 bridgehead atoms. The van der Waals surface area contributed by atoms with Crippen molar-refractivity contribution in [3.05, 3.63) is 0 Å². The van der Waals surface area contributed by atoms with Crippen molar-refractivity contribution in [2.45, 2.75) is 96.8 Å². The van der Waals surface area contributed by atoms with Crippen molar-refractivity contribution in [1.82, 2.24) is 16.0 Å². The van der Waals surface area contributed by atoms with Crippen molar-refractivity contribution in [1.29, 1.82) is 0 Å². The number of carbonyl (C=O) groups is 1. The molecule has 0 unspecified atom stereocenters. The number of carbonyl (C=O) groups excluding carboxylic acids is 1. The Labute approximate surface area is 169 Å². The smallest absolute Gasteiger partial charge is 0.220 e. The summed E-state index contributed by atoms with van der Waals surface area (Å²) >= 11 is 0. The largest absolute Gasteiger partial charge is 0.355 e. The van der Waals surface area contributed by atoms with Gasteiger partial charge in [-0.05, 0) is 6.42 Å². The summed E-state index contributed by atoms with van der Waals surface area (Å²) in [6.07, 6.45) is 18.1. The van der Waals surface area contributed by atoms with E-state index in [0.29, 0.717) is 19.5 Å². The minimum absolute atomic E-state index is 0.195. The highest BCUT2D eigenvalue weighted by Gasteiger charge is 2.00. The van der Waals surface area contributed by atoms with E-state index in [4.69, 9.17) is 5.73 Å². The van der Waals surface area contributed by atoms with Crippen molar-refractivity contribution in [3.63, 3.8) is 0 Å². The van der Waals surface area contributed by atoms with Crippen molar-refractivity contribution < 1.29 is 4.79 Å². The molecule has 0 atom stereocenters. The molecule has 0 saturated carbocycles. The zero-order valence-electron chi connectivity index (χ0n) is 18.1. The average molecular weight is 385 g/mol. The van der Waals surface area contributed by atoms with E-state index in [0.717, 1.165) is 32.6 Å². The molecule has 1 amide bonds. The lowest BCUT2D eigenvalue weighted by Gasteiger charge is -2.07. The van der Waals surface area contributed by atoms with Gasteiger partial charge in [-0.15, -0.1) is 0 Å². The van der Waals surface area contributed by atoms with Crippen molar-refractivity contribution >= 4 is 5.91 Å². The Morgan fingerprint density at radius 2 is 1.07 bits per heavy atom. The summed E-state index contributed by atoms with van der Waals surface area (Å²) in [5.74, 6) is 0.195.